The average Bonchev–Trinajstić information content (AvgIpc) is 3.12. The van der Waals surface area contributed by atoms with Crippen LogP contribution in [-0.4, -0.2) is 12.6 Å². The van der Waals surface area contributed by atoms with Gasteiger partial charge in [0, 0.05) is 12.6 Å². The Morgan fingerprint density at radius 2 is 1.41 bits per heavy atom. The van der Waals surface area contributed by atoms with Gasteiger partial charge in [-0.3, -0.25) is 0 Å². The van der Waals surface area contributed by atoms with Gasteiger partial charge < -0.3 is 5.32 Å². The van der Waals surface area contributed by atoms with E-state index in [1.165, 1.54) is 83.6 Å². The first-order valence-corrected chi connectivity index (χ1v) is 8.12. The smallest absolute Gasteiger partial charge is 0.00684 e. The van der Waals surface area contributed by atoms with E-state index < -0.39 is 0 Å². The molecule has 0 atom stereocenters. The van der Waals surface area contributed by atoms with E-state index in [1.807, 2.05) is 0 Å². The third-order valence-electron chi connectivity index (χ3n) is 5.64. The highest BCUT2D eigenvalue weighted by atomic mass is 15.0. The van der Waals surface area contributed by atoms with Gasteiger partial charge in [0.15, 0.2) is 0 Å². The van der Waals surface area contributed by atoms with Crippen molar-refractivity contribution in [2.75, 3.05) is 6.54 Å². The second kappa shape index (κ2) is 5.30. The molecule has 3 rings (SSSR count). The molecule has 0 aromatic heterocycles. The zero-order valence-electron chi connectivity index (χ0n) is 11.3. The minimum atomic E-state index is 0.715. The highest BCUT2D eigenvalue weighted by Crippen LogP contribution is 2.49. The summed E-state index contributed by atoms with van der Waals surface area (Å²) in [6, 6.07) is 0.901. The van der Waals surface area contributed by atoms with Crippen LogP contribution in [0, 0.1) is 11.3 Å². The predicted octanol–water partition coefficient (Wildman–Crippen LogP) is 4.27. The van der Waals surface area contributed by atoms with Crippen molar-refractivity contribution in [3.05, 3.63) is 0 Å². The quantitative estimate of drug-likeness (QED) is 0.718. The van der Waals surface area contributed by atoms with Crippen molar-refractivity contribution in [3.63, 3.8) is 0 Å². The summed E-state index contributed by atoms with van der Waals surface area (Å²) in [4.78, 5) is 0. The summed E-state index contributed by atoms with van der Waals surface area (Å²) in [7, 11) is 0. The lowest BCUT2D eigenvalue weighted by molar-refractivity contribution is 0.142. The molecule has 1 N–H and O–H groups in total. The molecule has 0 heterocycles. The zero-order chi connectivity index (χ0) is 11.6. The van der Waals surface area contributed by atoms with Crippen molar-refractivity contribution in [1.82, 2.24) is 5.32 Å². The van der Waals surface area contributed by atoms with Gasteiger partial charge in [-0.15, -0.1) is 0 Å². The fraction of sp³-hybridized carbons (Fsp3) is 1.00. The van der Waals surface area contributed by atoms with Crippen LogP contribution in [0.5, 0.6) is 0 Å². The molecular formula is C16H29N. The van der Waals surface area contributed by atoms with E-state index in [2.05, 4.69) is 5.32 Å². The highest BCUT2D eigenvalue weighted by Gasteiger charge is 2.41. The lowest BCUT2D eigenvalue weighted by Crippen LogP contribution is -2.39. The maximum absolute atomic E-state index is 3.86. The Morgan fingerprint density at radius 1 is 0.765 bits per heavy atom. The van der Waals surface area contributed by atoms with Crippen molar-refractivity contribution in [2.24, 2.45) is 11.3 Å². The van der Waals surface area contributed by atoms with Crippen LogP contribution in [-0.2, 0) is 0 Å². The maximum atomic E-state index is 3.86. The Kier molecular flexibility index (Phi) is 3.75. The van der Waals surface area contributed by atoms with Crippen LogP contribution in [0.25, 0.3) is 0 Å². The van der Waals surface area contributed by atoms with Crippen molar-refractivity contribution < 1.29 is 0 Å². The summed E-state index contributed by atoms with van der Waals surface area (Å²) in [5.41, 5.74) is 0.715. The summed E-state index contributed by atoms with van der Waals surface area (Å²) in [5, 5.41) is 3.86. The molecular weight excluding hydrogens is 206 g/mol. The van der Waals surface area contributed by atoms with Crippen LogP contribution in [0.4, 0.5) is 0 Å². The second-order valence-corrected chi connectivity index (χ2v) is 6.91. The molecule has 98 valence electrons. The normalized spacial score (nSPS) is 30.4. The zero-order valence-corrected chi connectivity index (χ0v) is 11.3. The van der Waals surface area contributed by atoms with E-state index in [4.69, 9.17) is 0 Å². The van der Waals surface area contributed by atoms with Gasteiger partial charge in [-0.1, -0.05) is 38.5 Å². The van der Waals surface area contributed by atoms with E-state index in [0.29, 0.717) is 5.41 Å². The lowest BCUT2D eigenvalue weighted by Gasteiger charge is -2.38. The predicted molar refractivity (Wildman–Crippen MR) is 73.1 cm³/mol. The maximum Gasteiger partial charge on any atom is 0.00684 e. The van der Waals surface area contributed by atoms with Gasteiger partial charge in [-0.25, -0.2) is 0 Å². The van der Waals surface area contributed by atoms with Gasteiger partial charge >= 0.3 is 0 Å². The molecule has 17 heavy (non-hydrogen) atoms. The highest BCUT2D eigenvalue weighted by molar-refractivity contribution is 4.95. The van der Waals surface area contributed by atoms with Gasteiger partial charge in [0.05, 0.1) is 0 Å². The lowest BCUT2D eigenvalue weighted by atomic mass is 9.70. The van der Waals surface area contributed by atoms with E-state index >= 15 is 0 Å². The van der Waals surface area contributed by atoms with E-state index in [-0.39, 0.29) is 0 Å². The number of hydrogen-bond acceptors (Lipinski definition) is 1. The average molecular weight is 235 g/mol. The molecule has 3 aliphatic rings. The van der Waals surface area contributed by atoms with Crippen LogP contribution in [0.1, 0.15) is 77.0 Å². The van der Waals surface area contributed by atoms with E-state index in [9.17, 15) is 0 Å². The van der Waals surface area contributed by atoms with Crippen molar-refractivity contribution in [3.8, 4) is 0 Å². The molecule has 1 nitrogen and oxygen atoms in total. The summed E-state index contributed by atoms with van der Waals surface area (Å²) < 4.78 is 0. The van der Waals surface area contributed by atoms with Crippen LogP contribution >= 0.6 is 0 Å². The third-order valence-corrected chi connectivity index (χ3v) is 5.64. The second-order valence-electron chi connectivity index (χ2n) is 6.91. The monoisotopic (exact) mass is 235 g/mol. The molecule has 0 radical (unpaired) electrons. The Hall–Kier alpha value is -0.0400. The minimum absolute atomic E-state index is 0.715. The summed E-state index contributed by atoms with van der Waals surface area (Å²) >= 11 is 0. The van der Waals surface area contributed by atoms with Gasteiger partial charge in [0.2, 0.25) is 0 Å². The van der Waals surface area contributed by atoms with Crippen LogP contribution in [0.15, 0.2) is 0 Å². The standard InChI is InChI=1S/C16H29N/c1-2-4-8-14(7-3-1)16(11-5-6-12-16)13-17-15-9-10-15/h14-15,17H,1-13H2. The molecule has 0 aromatic rings. The minimum Gasteiger partial charge on any atom is -0.313 e. The fourth-order valence-electron chi connectivity index (χ4n) is 4.34. The molecule has 0 aliphatic heterocycles. The SMILES string of the molecule is C1CCCC(C2(CNC3CC3)CCCC2)CC1. The van der Waals surface area contributed by atoms with E-state index in [0.717, 1.165) is 12.0 Å². The summed E-state index contributed by atoms with van der Waals surface area (Å²) in [6.07, 6.45) is 18.0. The molecule has 0 saturated heterocycles. The molecule has 3 saturated carbocycles. The molecule has 1 heteroatoms. The van der Waals surface area contributed by atoms with Crippen molar-refractivity contribution >= 4 is 0 Å². The number of nitrogens with one attached hydrogen (secondary N) is 1. The van der Waals surface area contributed by atoms with Gasteiger partial charge in [0.1, 0.15) is 0 Å². The Labute approximate surface area is 107 Å². The molecule has 3 aliphatic carbocycles. The molecule has 0 spiro atoms. The first-order valence-electron chi connectivity index (χ1n) is 8.12. The van der Waals surface area contributed by atoms with Crippen LogP contribution in [0.3, 0.4) is 0 Å². The third kappa shape index (κ3) is 2.86. The largest absolute Gasteiger partial charge is 0.313 e. The number of hydrogen-bond donors (Lipinski definition) is 1. The fourth-order valence-corrected chi connectivity index (χ4v) is 4.34. The van der Waals surface area contributed by atoms with Gasteiger partial charge in [0.25, 0.3) is 0 Å². The molecule has 0 bridgehead atoms. The summed E-state index contributed by atoms with van der Waals surface area (Å²) in [5.74, 6) is 1.05. The van der Waals surface area contributed by atoms with Crippen molar-refractivity contribution in [1.29, 1.82) is 0 Å². The number of rotatable bonds is 4. The molecule has 0 aromatic carbocycles. The Bertz CT molecular complexity index is 230. The van der Waals surface area contributed by atoms with Crippen molar-refractivity contribution in [2.45, 2.75) is 83.1 Å². The van der Waals surface area contributed by atoms with Crippen LogP contribution < -0.4 is 5.32 Å². The molecule has 0 unspecified atom stereocenters. The first kappa shape index (κ1) is 12.0. The first-order chi connectivity index (χ1) is 8.39. The Balaban J connectivity index is 1.63. The molecule has 3 fully saturated rings. The van der Waals surface area contributed by atoms with Gasteiger partial charge in [-0.2, -0.15) is 0 Å². The van der Waals surface area contributed by atoms with Gasteiger partial charge in [-0.05, 0) is 49.9 Å². The van der Waals surface area contributed by atoms with E-state index in [1.54, 1.807) is 0 Å². The summed E-state index contributed by atoms with van der Waals surface area (Å²) in [6.45, 7) is 1.35. The van der Waals surface area contributed by atoms with Crippen LogP contribution in [0.2, 0.25) is 0 Å². The molecule has 0 amide bonds. The topological polar surface area (TPSA) is 12.0 Å². The Morgan fingerprint density at radius 3 is 2.00 bits per heavy atom.